The standard InChI is InChI=1S/C13H10N2O.C2H6/c1-2-4-10(5-3-1)16-11-6-7-12-13(8-11)15-9-14-12;1-2/h1-9H,(H,14,15);1-2H3. The number of aromatic amines is 1. The SMILES string of the molecule is CC.c1ccc(Oc2ccc3nc[nH]c3c2)cc1. The van der Waals surface area contributed by atoms with Crippen molar-refractivity contribution < 1.29 is 4.74 Å². The van der Waals surface area contributed by atoms with Gasteiger partial charge in [-0.15, -0.1) is 0 Å². The minimum absolute atomic E-state index is 0.808. The predicted octanol–water partition coefficient (Wildman–Crippen LogP) is 4.38. The van der Waals surface area contributed by atoms with Crippen LogP contribution in [0.3, 0.4) is 0 Å². The molecule has 3 nitrogen and oxygen atoms in total. The molecule has 1 N–H and O–H groups in total. The molecule has 0 saturated heterocycles. The summed E-state index contributed by atoms with van der Waals surface area (Å²) in [7, 11) is 0. The maximum atomic E-state index is 5.71. The van der Waals surface area contributed by atoms with Gasteiger partial charge in [0.1, 0.15) is 11.5 Å². The molecule has 0 bridgehead atoms. The average molecular weight is 240 g/mol. The van der Waals surface area contributed by atoms with Crippen molar-refractivity contribution in [2.75, 3.05) is 0 Å². The zero-order chi connectivity index (χ0) is 12.8. The summed E-state index contributed by atoms with van der Waals surface area (Å²) < 4.78 is 5.71. The lowest BCUT2D eigenvalue weighted by molar-refractivity contribution is 0.483. The van der Waals surface area contributed by atoms with Gasteiger partial charge in [-0.25, -0.2) is 4.98 Å². The first-order chi connectivity index (χ1) is 8.92. The van der Waals surface area contributed by atoms with Crippen molar-refractivity contribution >= 4 is 11.0 Å². The van der Waals surface area contributed by atoms with E-state index in [0.717, 1.165) is 22.5 Å². The molecule has 2 aromatic carbocycles. The van der Waals surface area contributed by atoms with Crippen LogP contribution in [0, 0.1) is 0 Å². The largest absolute Gasteiger partial charge is 0.457 e. The fourth-order valence-corrected chi connectivity index (χ4v) is 1.60. The Labute approximate surface area is 106 Å². The summed E-state index contributed by atoms with van der Waals surface area (Å²) in [5, 5.41) is 0. The maximum absolute atomic E-state index is 5.71. The molecule has 3 heteroatoms. The topological polar surface area (TPSA) is 37.9 Å². The van der Waals surface area contributed by atoms with E-state index in [0.29, 0.717) is 0 Å². The van der Waals surface area contributed by atoms with E-state index in [4.69, 9.17) is 4.74 Å². The number of ether oxygens (including phenoxy) is 1. The van der Waals surface area contributed by atoms with Crippen LogP contribution in [-0.2, 0) is 0 Å². The number of hydrogen-bond donors (Lipinski definition) is 1. The zero-order valence-corrected chi connectivity index (χ0v) is 10.6. The Morgan fingerprint density at radius 3 is 2.50 bits per heavy atom. The van der Waals surface area contributed by atoms with Crippen molar-refractivity contribution in [1.29, 1.82) is 0 Å². The summed E-state index contributed by atoms with van der Waals surface area (Å²) in [5.74, 6) is 1.64. The minimum atomic E-state index is 0.808. The van der Waals surface area contributed by atoms with Crippen molar-refractivity contribution in [3.8, 4) is 11.5 Å². The van der Waals surface area contributed by atoms with E-state index >= 15 is 0 Å². The zero-order valence-electron chi connectivity index (χ0n) is 10.6. The second kappa shape index (κ2) is 5.87. The molecule has 0 unspecified atom stereocenters. The molecular weight excluding hydrogens is 224 g/mol. The third kappa shape index (κ3) is 2.69. The average Bonchev–Trinajstić information content (AvgIpc) is 2.90. The second-order valence-electron chi connectivity index (χ2n) is 3.50. The number of para-hydroxylation sites is 1. The molecule has 0 spiro atoms. The third-order valence-electron chi connectivity index (χ3n) is 2.37. The van der Waals surface area contributed by atoms with E-state index < -0.39 is 0 Å². The minimum Gasteiger partial charge on any atom is -0.457 e. The van der Waals surface area contributed by atoms with E-state index in [1.807, 2.05) is 62.4 Å². The summed E-state index contributed by atoms with van der Waals surface area (Å²) in [6.45, 7) is 4.00. The summed E-state index contributed by atoms with van der Waals surface area (Å²) in [6, 6.07) is 15.5. The van der Waals surface area contributed by atoms with Crippen LogP contribution < -0.4 is 4.74 Å². The van der Waals surface area contributed by atoms with Gasteiger partial charge in [0.2, 0.25) is 0 Å². The Balaban J connectivity index is 0.000000574. The van der Waals surface area contributed by atoms with Crippen LogP contribution in [0.15, 0.2) is 54.9 Å². The normalized spacial score (nSPS) is 9.67. The van der Waals surface area contributed by atoms with Crippen LogP contribution in [0.2, 0.25) is 0 Å². The highest BCUT2D eigenvalue weighted by Gasteiger charge is 2.00. The first kappa shape index (κ1) is 12.2. The van der Waals surface area contributed by atoms with Crippen molar-refractivity contribution in [3.63, 3.8) is 0 Å². The Morgan fingerprint density at radius 1 is 0.944 bits per heavy atom. The van der Waals surface area contributed by atoms with E-state index in [1.165, 1.54) is 0 Å². The highest BCUT2D eigenvalue weighted by Crippen LogP contribution is 2.23. The highest BCUT2D eigenvalue weighted by atomic mass is 16.5. The van der Waals surface area contributed by atoms with Gasteiger partial charge in [-0.2, -0.15) is 0 Å². The summed E-state index contributed by atoms with van der Waals surface area (Å²) in [4.78, 5) is 7.21. The predicted molar refractivity (Wildman–Crippen MR) is 74.0 cm³/mol. The number of benzene rings is 2. The van der Waals surface area contributed by atoms with Gasteiger partial charge in [0.15, 0.2) is 0 Å². The van der Waals surface area contributed by atoms with Gasteiger partial charge in [-0.3, -0.25) is 0 Å². The van der Waals surface area contributed by atoms with Crippen LogP contribution in [0.1, 0.15) is 13.8 Å². The Hall–Kier alpha value is -2.29. The van der Waals surface area contributed by atoms with Crippen molar-refractivity contribution in [2.24, 2.45) is 0 Å². The molecule has 18 heavy (non-hydrogen) atoms. The number of nitrogens with one attached hydrogen (secondary N) is 1. The lowest BCUT2D eigenvalue weighted by Gasteiger charge is -2.04. The monoisotopic (exact) mass is 240 g/mol. The Bertz CT molecular complexity index is 602. The Morgan fingerprint density at radius 2 is 1.72 bits per heavy atom. The second-order valence-corrected chi connectivity index (χ2v) is 3.50. The van der Waals surface area contributed by atoms with Gasteiger partial charge >= 0.3 is 0 Å². The smallest absolute Gasteiger partial charge is 0.129 e. The maximum Gasteiger partial charge on any atom is 0.129 e. The molecule has 0 amide bonds. The number of H-pyrrole nitrogens is 1. The van der Waals surface area contributed by atoms with E-state index in [1.54, 1.807) is 6.33 Å². The molecule has 3 rings (SSSR count). The molecule has 92 valence electrons. The van der Waals surface area contributed by atoms with Gasteiger partial charge in [0, 0.05) is 6.07 Å². The summed E-state index contributed by atoms with van der Waals surface area (Å²) >= 11 is 0. The summed E-state index contributed by atoms with van der Waals surface area (Å²) in [5.41, 5.74) is 1.92. The van der Waals surface area contributed by atoms with Crippen LogP contribution in [0.4, 0.5) is 0 Å². The van der Waals surface area contributed by atoms with E-state index in [9.17, 15) is 0 Å². The fraction of sp³-hybridized carbons (Fsp3) is 0.133. The van der Waals surface area contributed by atoms with Crippen LogP contribution in [0.25, 0.3) is 11.0 Å². The Kier molecular flexibility index (Phi) is 3.97. The fourth-order valence-electron chi connectivity index (χ4n) is 1.60. The van der Waals surface area contributed by atoms with Crippen LogP contribution in [-0.4, -0.2) is 9.97 Å². The van der Waals surface area contributed by atoms with Crippen molar-refractivity contribution in [3.05, 3.63) is 54.9 Å². The molecule has 0 atom stereocenters. The first-order valence-electron chi connectivity index (χ1n) is 6.08. The quantitative estimate of drug-likeness (QED) is 0.721. The van der Waals surface area contributed by atoms with E-state index in [2.05, 4.69) is 9.97 Å². The number of fused-ring (bicyclic) bond motifs is 1. The van der Waals surface area contributed by atoms with Crippen molar-refractivity contribution in [2.45, 2.75) is 13.8 Å². The number of nitrogens with zero attached hydrogens (tertiary/aromatic N) is 1. The van der Waals surface area contributed by atoms with Crippen LogP contribution in [0.5, 0.6) is 11.5 Å². The molecule has 0 aliphatic rings. The van der Waals surface area contributed by atoms with Gasteiger partial charge in [-0.05, 0) is 24.3 Å². The molecule has 1 heterocycles. The van der Waals surface area contributed by atoms with Gasteiger partial charge in [0.05, 0.1) is 17.4 Å². The first-order valence-corrected chi connectivity index (χ1v) is 6.08. The third-order valence-corrected chi connectivity index (χ3v) is 2.37. The van der Waals surface area contributed by atoms with Gasteiger partial charge in [-0.1, -0.05) is 32.0 Å². The molecule has 3 aromatic rings. The van der Waals surface area contributed by atoms with Crippen molar-refractivity contribution in [1.82, 2.24) is 9.97 Å². The highest BCUT2D eigenvalue weighted by molar-refractivity contribution is 5.76. The molecule has 0 aliphatic carbocycles. The van der Waals surface area contributed by atoms with Crippen LogP contribution >= 0.6 is 0 Å². The number of imidazole rings is 1. The summed E-state index contributed by atoms with van der Waals surface area (Å²) in [6.07, 6.45) is 1.68. The number of aromatic nitrogens is 2. The molecule has 1 aromatic heterocycles. The molecule has 0 fully saturated rings. The molecule has 0 saturated carbocycles. The van der Waals surface area contributed by atoms with Gasteiger partial charge in [0.25, 0.3) is 0 Å². The molecule has 0 aliphatic heterocycles. The lowest BCUT2D eigenvalue weighted by Crippen LogP contribution is -1.83. The molecular formula is C15H16N2O. The number of hydrogen-bond acceptors (Lipinski definition) is 2. The molecule has 0 radical (unpaired) electrons. The van der Waals surface area contributed by atoms with E-state index in [-0.39, 0.29) is 0 Å². The van der Waals surface area contributed by atoms with Gasteiger partial charge < -0.3 is 9.72 Å². The lowest BCUT2D eigenvalue weighted by atomic mass is 10.3. The number of rotatable bonds is 2.